The average Bonchev–Trinajstić information content (AvgIpc) is 2.35. The molecular weight excluding hydrogens is 212 g/mol. The van der Waals surface area contributed by atoms with Gasteiger partial charge >= 0.3 is 0 Å². The predicted molar refractivity (Wildman–Crippen MR) is 68.6 cm³/mol. The monoisotopic (exact) mass is 232 g/mol. The molecule has 0 aliphatic carbocycles. The summed E-state index contributed by atoms with van der Waals surface area (Å²) in [6, 6.07) is 9.81. The molecule has 0 atom stereocenters. The summed E-state index contributed by atoms with van der Waals surface area (Å²) in [6.07, 6.45) is 0.960. The number of nitriles is 1. The summed E-state index contributed by atoms with van der Waals surface area (Å²) in [5, 5.41) is 12.1. The Bertz CT molecular complexity index is 393. The van der Waals surface area contributed by atoms with E-state index < -0.39 is 0 Å². The van der Waals surface area contributed by atoms with E-state index in [0.29, 0.717) is 5.56 Å². The van der Waals surface area contributed by atoms with E-state index in [0.717, 1.165) is 25.1 Å². The van der Waals surface area contributed by atoms with E-state index in [2.05, 4.69) is 25.2 Å². The highest BCUT2D eigenvalue weighted by molar-refractivity contribution is 5.32. The van der Waals surface area contributed by atoms with Crippen LogP contribution in [0.5, 0.6) is 0 Å². The first-order chi connectivity index (χ1) is 8.07. The maximum atomic E-state index is 8.79. The molecule has 1 aromatic rings. The number of rotatable bonds is 6. The van der Waals surface area contributed by atoms with E-state index in [1.807, 2.05) is 24.3 Å². The number of benzene rings is 1. The van der Waals surface area contributed by atoms with Gasteiger partial charge in [-0.25, -0.2) is 0 Å². The van der Waals surface area contributed by atoms with Crippen LogP contribution in [0.4, 0.5) is 0 Å². The second-order valence-corrected chi connectivity index (χ2v) is 4.70. The highest BCUT2D eigenvalue weighted by atomic mass is 16.5. The van der Waals surface area contributed by atoms with Gasteiger partial charge in [-0.15, -0.1) is 0 Å². The molecule has 0 unspecified atom stereocenters. The Morgan fingerprint density at radius 1 is 1.41 bits per heavy atom. The number of nitrogens with one attached hydrogen (secondary N) is 1. The Morgan fingerprint density at radius 2 is 2.18 bits per heavy atom. The van der Waals surface area contributed by atoms with Gasteiger partial charge in [0.1, 0.15) is 0 Å². The molecule has 1 aromatic carbocycles. The lowest BCUT2D eigenvalue weighted by atomic mass is 10.1. The highest BCUT2D eigenvalue weighted by Crippen LogP contribution is 2.11. The van der Waals surface area contributed by atoms with Crippen molar-refractivity contribution in [1.82, 2.24) is 5.32 Å². The zero-order chi connectivity index (χ0) is 12.7. The fourth-order valence-electron chi connectivity index (χ4n) is 1.48. The van der Waals surface area contributed by atoms with Gasteiger partial charge in [-0.3, -0.25) is 0 Å². The van der Waals surface area contributed by atoms with Crippen molar-refractivity contribution in [2.24, 2.45) is 0 Å². The average molecular weight is 232 g/mol. The van der Waals surface area contributed by atoms with Crippen LogP contribution in [0.15, 0.2) is 24.3 Å². The lowest BCUT2D eigenvalue weighted by molar-refractivity contribution is 0.0158. The van der Waals surface area contributed by atoms with Crippen LogP contribution in [-0.2, 0) is 11.3 Å². The molecule has 0 saturated heterocycles. The molecule has 0 aromatic heterocycles. The lowest BCUT2D eigenvalue weighted by Gasteiger charge is -2.22. The van der Waals surface area contributed by atoms with Crippen LogP contribution in [0, 0.1) is 11.3 Å². The molecule has 3 nitrogen and oxygen atoms in total. The quantitative estimate of drug-likeness (QED) is 0.766. The molecule has 1 N–H and O–H groups in total. The van der Waals surface area contributed by atoms with Crippen molar-refractivity contribution in [3.8, 4) is 6.07 Å². The van der Waals surface area contributed by atoms with Crippen LogP contribution >= 0.6 is 0 Å². The van der Waals surface area contributed by atoms with Gasteiger partial charge in [0.05, 0.1) is 17.2 Å². The predicted octanol–water partition coefficient (Wildman–Crippen LogP) is 2.46. The van der Waals surface area contributed by atoms with Crippen molar-refractivity contribution in [1.29, 1.82) is 5.26 Å². The maximum Gasteiger partial charge on any atom is 0.0991 e. The number of hydrogen-bond acceptors (Lipinski definition) is 3. The SMILES string of the molecule is COC(C)(C)CCNCc1cccc(C#N)c1. The Kier molecular flexibility index (Phi) is 5.14. The van der Waals surface area contributed by atoms with Gasteiger partial charge < -0.3 is 10.1 Å². The van der Waals surface area contributed by atoms with E-state index >= 15 is 0 Å². The maximum absolute atomic E-state index is 8.79. The summed E-state index contributed by atoms with van der Waals surface area (Å²) in [5.41, 5.74) is 1.77. The molecule has 0 heterocycles. The van der Waals surface area contributed by atoms with Crippen LogP contribution in [0.3, 0.4) is 0 Å². The van der Waals surface area contributed by atoms with Crippen molar-refractivity contribution in [3.05, 3.63) is 35.4 Å². The molecule has 0 amide bonds. The second kappa shape index (κ2) is 6.39. The summed E-state index contributed by atoms with van der Waals surface area (Å²) < 4.78 is 5.34. The number of hydrogen-bond donors (Lipinski definition) is 1. The van der Waals surface area contributed by atoms with Crippen molar-refractivity contribution >= 4 is 0 Å². The van der Waals surface area contributed by atoms with Crippen LogP contribution in [0.1, 0.15) is 31.4 Å². The van der Waals surface area contributed by atoms with Crippen molar-refractivity contribution in [3.63, 3.8) is 0 Å². The van der Waals surface area contributed by atoms with Gasteiger partial charge in [-0.1, -0.05) is 12.1 Å². The van der Waals surface area contributed by atoms with E-state index in [4.69, 9.17) is 10.00 Å². The van der Waals surface area contributed by atoms with Crippen LogP contribution < -0.4 is 5.32 Å². The largest absolute Gasteiger partial charge is 0.379 e. The Balaban J connectivity index is 2.34. The zero-order valence-electron chi connectivity index (χ0n) is 10.8. The van der Waals surface area contributed by atoms with Crippen molar-refractivity contribution in [2.75, 3.05) is 13.7 Å². The minimum atomic E-state index is -0.0818. The minimum Gasteiger partial charge on any atom is -0.379 e. The standard InChI is InChI=1S/C14H20N2O/c1-14(2,17-3)7-8-16-11-13-6-4-5-12(9-13)10-15/h4-6,9,16H,7-8,11H2,1-3H3. The van der Waals surface area contributed by atoms with E-state index in [9.17, 15) is 0 Å². The van der Waals surface area contributed by atoms with E-state index in [-0.39, 0.29) is 5.60 Å². The third-order valence-corrected chi connectivity index (χ3v) is 2.84. The fourth-order valence-corrected chi connectivity index (χ4v) is 1.48. The third-order valence-electron chi connectivity index (χ3n) is 2.84. The zero-order valence-corrected chi connectivity index (χ0v) is 10.8. The molecule has 0 radical (unpaired) electrons. The van der Waals surface area contributed by atoms with Gasteiger partial charge in [0.25, 0.3) is 0 Å². The summed E-state index contributed by atoms with van der Waals surface area (Å²) >= 11 is 0. The number of ether oxygens (including phenoxy) is 1. The van der Waals surface area contributed by atoms with E-state index in [1.54, 1.807) is 7.11 Å². The van der Waals surface area contributed by atoms with Gasteiger partial charge in [0.2, 0.25) is 0 Å². The number of methoxy groups -OCH3 is 1. The van der Waals surface area contributed by atoms with Gasteiger partial charge in [-0.2, -0.15) is 5.26 Å². The Morgan fingerprint density at radius 3 is 2.82 bits per heavy atom. The van der Waals surface area contributed by atoms with Gasteiger partial charge in [-0.05, 0) is 44.5 Å². The van der Waals surface area contributed by atoms with Crippen molar-refractivity contribution in [2.45, 2.75) is 32.4 Å². The summed E-state index contributed by atoms with van der Waals surface area (Å²) in [6.45, 7) is 5.84. The van der Waals surface area contributed by atoms with E-state index in [1.165, 1.54) is 0 Å². The first kappa shape index (κ1) is 13.7. The molecule has 1 rings (SSSR count). The summed E-state index contributed by atoms with van der Waals surface area (Å²) in [4.78, 5) is 0. The first-order valence-electron chi connectivity index (χ1n) is 5.82. The molecule has 0 saturated carbocycles. The topological polar surface area (TPSA) is 45.0 Å². The summed E-state index contributed by atoms with van der Waals surface area (Å²) in [7, 11) is 1.73. The van der Waals surface area contributed by atoms with Crippen LogP contribution in [0.2, 0.25) is 0 Å². The molecular formula is C14H20N2O. The molecule has 17 heavy (non-hydrogen) atoms. The molecule has 0 spiro atoms. The first-order valence-corrected chi connectivity index (χ1v) is 5.82. The molecule has 3 heteroatoms. The molecule has 0 fully saturated rings. The highest BCUT2D eigenvalue weighted by Gasteiger charge is 2.14. The van der Waals surface area contributed by atoms with Gasteiger partial charge in [0.15, 0.2) is 0 Å². The fraction of sp³-hybridized carbons (Fsp3) is 0.500. The summed E-state index contributed by atoms with van der Waals surface area (Å²) in [5.74, 6) is 0. The molecule has 92 valence electrons. The van der Waals surface area contributed by atoms with Crippen molar-refractivity contribution < 1.29 is 4.74 Å². The Hall–Kier alpha value is -1.37. The normalized spacial score (nSPS) is 11.2. The number of nitrogens with zero attached hydrogens (tertiary/aromatic N) is 1. The molecule has 0 aliphatic heterocycles. The van der Waals surface area contributed by atoms with Crippen LogP contribution in [0.25, 0.3) is 0 Å². The molecule has 0 bridgehead atoms. The smallest absolute Gasteiger partial charge is 0.0991 e. The van der Waals surface area contributed by atoms with Crippen LogP contribution in [-0.4, -0.2) is 19.3 Å². The van der Waals surface area contributed by atoms with Gasteiger partial charge in [0, 0.05) is 13.7 Å². The Labute approximate surface area is 103 Å². The second-order valence-electron chi connectivity index (χ2n) is 4.70. The minimum absolute atomic E-state index is 0.0818. The molecule has 0 aliphatic rings. The third kappa shape index (κ3) is 4.99. The lowest BCUT2D eigenvalue weighted by Crippen LogP contribution is -2.28.